The van der Waals surface area contributed by atoms with Crippen LogP contribution in [0.15, 0.2) is 42.5 Å². The second kappa shape index (κ2) is 7.56. The predicted octanol–water partition coefficient (Wildman–Crippen LogP) is 3.13. The van der Waals surface area contributed by atoms with Gasteiger partial charge in [-0.25, -0.2) is 4.79 Å². The van der Waals surface area contributed by atoms with E-state index < -0.39 is 5.97 Å². The van der Waals surface area contributed by atoms with Crippen molar-refractivity contribution >= 4 is 17.8 Å². The molecule has 1 atom stereocenters. The smallest absolute Gasteiger partial charge is 0.338 e. The number of carbonyl (C=O) groups is 3. The lowest BCUT2D eigenvalue weighted by Crippen LogP contribution is -2.36. The molecule has 6 heteroatoms. The maximum Gasteiger partial charge on any atom is 0.338 e. The van der Waals surface area contributed by atoms with E-state index >= 15 is 0 Å². The van der Waals surface area contributed by atoms with Crippen molar-refractivity contribution in [2.45, 2.75) is 32.5 Å². The summed E-state index contributed by atoms with van der Waals surface area (Å²) in [5.74, 6) is -1.25. The highest BCUT2D eigenvalue weighted by molar-refractivity contribution is 6.22. The highest BCUT2D eigenvalue weighted by Crippen LogP contribution is 2.26. The fourth-order valence-corrected chi connectivity index (χ4v) is 3.57. The number of nitrogens with zero attached hydrogens (tertiary/aromatic N) is 1. The fourth-order valence-electron chi connectivity index (χ4n) is 3.57. The van der Waals surface area contributed by atoms with E-state index in [2.05, 4.69) is 0 Å². The van der Waals surface area contributed by atoms with E-state index in [-0.39, 0.29) is 42.2 Å². The number of amides is 2. The van der Waals surface area contributed by atoms with Crippen LogP contribution in [0, 0.1) is 6.92 Å². The van der Waals surface area contributed by atoms with E-state index in [9.17, 15) is 14.4 Å². The van der Waals surface area contributed by atoms with E-state index in [1.54, 1.807) is 0 Å². The van der Waals surface area contributed by atoms with Crippen molar-refractivity contribution < 1.29 is 23.9 Å². The van der Waals surface area contributed by atoms with Crippen LogP contribution < -0.4 is 0 Å². The molecule has 6 nitrogen and oxygen atoms in total. The average molecular weight is 379 g/mol. The Balaban J connectivity index is 1.48. The van der Waals surface area contributed by atoms with Crippen molar-refractivity contribution in [1.82, 2.24) is 4.90 Å². The van der Waals surface area contributed by atoms with Crippen LogP contribution in [0.2, 0.25) is 0 Å². The van der Waals surface area contributed by atoms with Gasteiger partial charge >= 0.3 is 5.97 Å². The quantitative estimate of drug-likeness (QED) is 0.590. The van der Waals surface area contributed by atoms with Crippen molar-refractivity contribution in [3.63, 3.8) is 0 Å². The second-order valence-electron chi connectivity index (χ2n) is 7.12. The van der Waals surface area contributed by atoms with Gasteiger partial charge in [0.1, 0.15) is 6.61 Å². The van der Waals surface area contributed by atoms with Crippen LogP contribution in [0.25, 0.3) is 0 Å². The second-order valence-corrected chi connectivity index (χ2v) is 7.12. The number of fused-ring (bicyclic) bond motifs is 1. The summed E-state index contributed by atoms with van der Waals surface area (Å²) >= 11 is 0. The minimum atomic E-state index is -0.524. The Kier molecular flexibility index (Phi) is 4.96. The zero-order valence-electron chi connectivity index (χ0n) is 15.6. The molecule has 2 aliphatic heterocycles. The lowest BCUT2D eigenvalue weighted by Gasteiger charge is -2.17. The van der Waals surface area contributed by atoms with Crippen LogP contribution in [0.3, 0.4) is 0 Å². The summed E-state index contributed by atoms with van der Waals surface area (Å²) in [6, 6.07) is 12.2. The first-order chi connectivity index (χ1) is 13.5. The number of rotatable bonds is 5. The third-order valence-corrected chi connectivity index (χ3v) is 5.24. The molecule has 0 spiro atoms. The Morgan fingerprint density at radius 2 is 1.93 bits per heavy atom. The van der Waals surface area contributed by atoms with E-state index in [0.29, 0.717) is 12.2 Å². The third-order valence-electron chi connectivity index (χ3n) is 5.24. The molecule has 0 bridgehead atoms. The molecule has 2 heterocycles. The fraction of sp³-hybridized carbons (Fsp3) is 0.318. The normalized spacial score (nSPS) is 18.5. The third kappa shape index (κ3) is 3.43. The molecule has 4 rings (SSSR count). The molecule has 0 saturated carbocycles. The zero-order chi connectivity index (χ0) is 19.7. The summed E-state index contributed by atoms with van der Waals surface area (Å²) < 4.78 is 10.9. The molecule has 1 saturated heterocycles. The van der Waals surface area contributed by atoms with Gasteiger partial charge in [0.15, 0.2) is 0 Å². The lowest BCUT2D eigenvalue weighted by molar-refractivity contribution is 0.0469. The van der Waals surface area contributed by atoms with E-state index in [1.807, 2.05) is 31.2 Å². The number of hydrogen-bond acceptors (Lipinski definition) is 5. The Labute approximate surface area is 163 Å². The Hall–Kier alpha value is -2.99. The molecule has 28 heavy (non-hydrogen) atoms. The van der Waals surface area contributed by atoms with Gasteiger partial charge < -0.3 is 9.47 Å². The minimum absolute atomic E-state index is 0.110. The summed E-state index contributed by atoms with van der Waals surface area (Å²) in [5, 5.41) is 0. The van der Waals surface area contributed by atoms with Gasteiger partial charge in [0.2, 0.25) is 0 Å². The summed E-state index contributed by atoms with van der Waals surface area (Å²) in [4.78, 5) is 38.9. The van der Waals surface area contributed by atoms with Gasteiger partial charge in [-0.2, -0.15) is 0 Å². The molecule has 2 aromatic rings. The van der Waals surface area contributed by atoms with Gasteiger partial charge in [0.05, 0.1) is 29.3 Å². The highest BCUT2D eigenvalue weighted by Gasteiger charge is 2.38. The summed E-state index contributed by atoms with van der Waals surface area (Å²) in [6.45, 7) is 3.01. The largest absolute Gasteiger partial charge is 0.457 e. The number of aryl methyl sites for hydroxylation is 1. The Morgan fingerprint density at radius 3 is 2.68 bits per heavy atom. The highest BCUT2D eigenvalue weighted by atomic mass is 16.5. The average Bonchev–Trinajstić information content (AvgIpc) is 3.30. The molecule has 0 radical (unpaired) electrons. The van der Waals surface area contributed by atoms with Crippen LogP contribution in [0.1, 0.15) is 55.0 Å². The molecule has 1 unspecified atom stereocenters. The van der Waals surface area contributed by atoms with Crippen molar-refractivity contribution in [2.24, 2.45) is 0 Å². The van der Waals surface area contributed by atoms with Crippen LogP contribution >= 0.6 is 0 Å². The van der Waals surface area contributed by atoms with Gasteiger partial charge in [0.25, 0.3) is 11.8 Å². The van der Waals surface area contributed by atoms with Gasteiger partial charge in [-0.1, -0.05) is 24.3 Å². The van der Waals surface area contributed by atoms with Crippen molar-refractivity contribution in [3.05, 3.63) is 70.3 Å². The van der Waals surface area contributed by atoms with Crippen LogP contribution in [0.4, 0.5) is 0 Å². The van der Waals surface area contributed by atoms with Crippen LogP contribution in [-0.2, 0) is 16.1 Å². The number of esters is 1. The minimum Gasteiger partial charge on any atom is -0.457 e. The first-order valence-electron chi connectivity index (χ1n) is 9.38. The van der Waals surface area contributed by atoms with Crippen molar-refractivity contribution in [1.29, 1.82) is 0 Å². The number of carbonyl (C=O) groups excluding carboxylic acids is 3. The molecule has 144 valence electrons. The summed E-state index contributed by atoms with van der Waals surface area (Å²) in [7, 11) is 0. The van der Waals surface area contributed by atoms with Crippen LogP contribution in [0.5, 0.6) is 0 Å². The zero-order valence-corrected chi connectivity index (χ0v) is 15.6. The van der Waals surface area contributed by atoms with Crippen molar-refractivity contribution in [3.8, 4) is 0 Å². The molecular weight excluding hydrogens is 358 g/mol. The first kappa shape index (κ1) is 18.4. The predicted molar refractivity (Wildman–Crippen MR) is 101 cm³/mol. The molecule has 0 aliphatic carbocycles. The number of hydrogen-bond donors (Lipinski definition) is 0. The van der Waals surface area contributed by atoms with Crippen LogP contribution in [-0.4, -0.2) is 41.9 Å². The summed E-state index contributed by atoms with van der Waals surface area (Å²) in [6.07, 6.45) is 1.66. The van der Waals surface area contributed by atoms with Crippen molar-refractivity contribution in [2.75, 3.05) is 13.2 Å². The molecule has 2 aliphatic rings. The molecule has 0 aromatic heterocycles. The van der Waals surface area contributed by atoms with Gasteiger partial charge in [-0.05, 0) is 49.1 Å². The maximum atomic E-state index is 12.7. The monoisotopic (exact) mass is 379 g/mol. The molecule has 2 aromatic carbocycles. The first-order valence-corrected chi connectivity index (χ1v) is 9.38. The molecule has 2 amide bonds. The topological polar surface area (TPSA) is 72.9 Å². The summed E-state index contributed by atoms with van der Waals surface area (Å²) in [5.41, 5.74) is 2.78. The molecular formula is C22H21NO5. The van der Waals surface area contributed by atoms with E-state index in [0.717, 1.165) is 24.0 Å². The Morgan fingerprint density at radius 1 is 1.14 bits per heavy atom. The van der Waals surface area contributed by atoms with Gasteiger partial charge in [0, 0.05) is 6.61 Å². The SMILES string of the molecule is Cc1ccccc1COC(=O)c1ccc2c(c1)C(=O)N(CC1CCCO1)C2=O. The Bertz CT molecular complexity index is 946. The standard InChI is InChI=1S/C22H21NO5/c1-14-5-2-3-6-16(14)13-28-22(26)15-8-9-18-19(11-15)21(25)23(20(18)24)12-17-7-4-10-27-17/h2-3,5-6,8-9,11,17H,4,7,10,12-13H2,1H3. The lowest BCUT2D eigenvalue weighted by atomic mass is 10.1. The maximum absolute atomic E-state index is 12.7. The van der Waals surface area contributed by atoms with E-state index in [1.165, 1.54) is 23.1 Å². The number of benzene rings is 2. The number of ether oxygens (including phenoxy) is 2. The molecule has 1 fully saturated rings. The van der Waals surface area contributed by atoms with Gasteiger partial charge in [-0.3, -0.25) is 14.5 Å². The molecule has 0 N–H and O–H groups in total. The van der Waals surface area contributed by atoms with Gasteiger partial charge in [-0.15, -0.1) is 0 Å². The van der Waals surface area contributed by atoms with E-state index in [4.69, 9.17) is 9.47 Å². The number of imide groups is 1.